The summed E-state index contributed by atoms with van der Waals surface area (Å²) < 4.78 is 11.1. The van der Waals surface area contributed by atoms with Gasteiger partial charge in [0.1, 0.15) is 12.4 Å². The molecule has 2 atom stereocenters. The first-order valence-corrected chi connectivity index (χ1v) is 6.56. The van der Waals surface area contributed by atoms with E-state index in [9.17, 15) is 4.79 Å². The fourth-order valence-corrected chi connectivity index (χ4v) is 1.86. The summed E-state index contributed by atoms with van der Waals surface area (Å²) in [6, 6.07) is 6.73. The van der Waals surface area contributed by atoms with Gasteiger partial charge < -0.3 is 20.5 Å². The molecule has 5 heteroatoms. The Labute approximate surface area is 113 Å². The van der Waals surface area contributed by atoms with Gasteiger partial charge in [-0.25, -0.2) is 0 Å². The zero-order valence-electron chi connectivity index (χ0n) is 11.1. The van der Waals surface area contributed by atoms with E-state index in [4.69, 9.17) is 15.2 Å². The average molecular weight is 264 g/mol. The van der Waals surface area contributed by atoms with Crippen molar-refractivity contribution in [1.82, 2.24) is 0 Å². The predicted molar refractivity (Wildman–Crippen MR) is 73.2 cm³/mol. The Hall–Kier alpha value is -1.59. The molecule has 0 spiro atoms. The maximum Gasteiger partial charge on any atom is 0.240 e. The number of carbonyl (C=O) groups excluding carboxylic acids is 1. The minimum absolute atomic E-state index is 0.201. The SMILES string of the molecule is C[C@H](N)C(=O)Nc1ccc(OCC2CCCO2)cc1. The first kappa shape index (κ1) is 13.8. The molecule has 2 rings (SSSR count). The Morgan fingerprint density at radius 2 is 2.26 bits per heavy atom. The van der Waals surface area contributed by atoms with Gasteiger partial charge in [0.25, 0.3) is 0 Å². The molecule has 1 fully saturated rings. The number of ether oxygens (including phenoxy) is 2. The summed E-state index contributed by atoms with van der Waals surface area (Å²) in [6.45, 7) is 3.05. The summed E-state index contributed by atoms with van der Waals surface area (Å²) in [4.78, 5) is 11.4. The van der Waals surface area contributed by atoms with Gasteiger partial charge in [-0.1, -0.05) is 0 Å². The van der Waals surface area contributed by atoms with Crippen molar-refractivity contribution >= 4 is 11.6 Å². The fourth-order valence-electron chi connectivity index (χ4n) is 1.86. The second-order valence-electron chi connectivity index (χ2n) is 4.75. The van der Waals surface area contributed by atoms with Crippen LogP contribution in [0.1, 0.15) is 19.8 Å². The van der Waals surface area contributed by atoms with Crippen molar-refractivity contribution in [2.45, 2.75) is 31.9 Å². The van der Waals surface area contributed by atoms with E-state index in [0.717, 1.165) is 25.2 Å². The molecular formula is C14H20N2O3. The highest BCUT2D eigenvalue weighted by Gasteiger charge is 2.15. The molecule has 3 N–H and O–H groups in total. The van der Waals surface area contributed by atoms with Gasteiger partial charge in [-0.3, -0.25) is 4.79 Å². The molecular weight excluding hydrogens is 244 g/mol. The molecule has 1 aliphatic rings. The van der Waals surface area contributed by atoms with Gasteiger partial charge in [-0.2, -0.15) is 0 Å². The van der Waals surface area contributed by atoms with Gasteiger partial charge in [-0.05, 0) is 44.0 Å². The zero-order chi connectivity index (χ0) is 13.7. The summed E-state index contributed by atoms with van der Waals surface area (Å²) in [6.07, 6.45) is 2.37. The molecule has 104 valence electrons. The zero-order valence-corrected chi connectivity index (χ0v) is 11.1. The number of amides is 1. The van der Waals surface area contributed by atoms with Gasteiger partial charge in [0.05, 0.1) is 12.1 Å². The van der Waals surface area contributed by atoms with Crippen LogP contribution in [-0.4, -0.2) is 31.3 Å². The number of rotatable bonds is 5. The first-order chi connectivity index (χ1) is 9.15. The molecule has 1 aromatic rings. The molecule has 0 saturated carbocycles. The highest BCUT2D eigenvalue weighted by molar-refractivity contribution is 5.94. The number of carbonyl (C=O) groups is 1. The summed E-state index contributed by atoms with van der Waals surface area (Å²) in [7, 11) is 0. The van der Waals surface area contributed by atoms with Crippen molar-refractivity contribution in [2.75, 3.05) is 18.5 Å². The lowest BCUT2D eigenvalue weighted by Crippen LogP contribution is -2.32. The van der Waals surface area contributed by atoms with Crippen LogP contribution in [0.25, 0.3) is 0 Å². The van der Waals surface area contributed by atoms with Crippen molar-refractivity contribution in [3.63, 3.8) is 0 Å². The smallest absolute Gasteiger partial charge is 0.240 e. The molecule has 0 radical (unpaired) electrons. The predicted octanol–water partition coefficient (Wildman–Crippen LogP) is 1.53. The Bertz CT molecular complexity index is 411. The molecule has 5 nitrogen and oxygen atoms in total. The first-order valence-electron chi connectivity index (χ1n) is 6.56. The van der Waals surface area contributed by atoms with Crippen LogP contribution < -0.4 is 15.8 Å². The van der Waals surface area contributed by atoms with E-state index in [2.05, 4.69) is 5.32 Å². The van der Waals surface area contributed by atoms with Crippen LogP contribution >= 0.6 is 0 Å². The highest BCUT2D eigenvalue weighted by Crippen LogP contribution is 2.18. The Kier molecular flexibility index (Phi) is 4.76. The Morgan fingerprint density at radius 1 is 1.53 bits per heavy atom. The molecule has 19 heavy (non-hydrogen) atoms. The van der Waals surface area contributed by atoms with E-state index in [-0.39, 0.29) is 12.0 Å². The molecule has 0 aliphatic carbocycles. The molecule has 1 saturated heterocycles. The van der Waals surface area contributed by atoms with Crippen LogP contribution in [0.15, 0.2) is 24.3 Å². The van der Waals surface area contributed by atoms with E-state index in [1.54, 1.807) is 19.1 Å². The van der Waals surface area contributed by atoms with Crippen molar-refractivity contribution in [2.24, 2.45) is 5.73 Å². The molecule has 1 aromatic carbocycles. The van der Waals surface area contributed by atoms with E-state index in [0.29, 0.717) is 12.3 Å². The summed E-state index contributed by atoms with van der Waals surface area (Å²) in [5.41, 5.74) is 6.20. The van der Waals surface area contributed by atoms with Crippen LogP contribution in [0.4, 0.5) is 5.69 Å². The standard InChI is InChI=1S/C14H20N2O3/c1-10(15)14(17)16-11-4-6-12(7-5-11)19-9-13-3-2-8-18-13/h4-7,10,13H,2-3,8-9,15H2,1H3,(H,16,17)/t10-,13?/m0/s1. The fraction of sp³-hybridized carbons (Fsp3) is 0.500. The number of hydrogen-bond donors (Lipinski definition) is 2. The van der Waals surface area contributed by atoms with E-state index >= 15 is 0 Å². The van der Waals surface area contributed by atoms with Crippen LogP contribution in [0, 0.1) is 0 Å². The van der Waals surface area contributed by atoms with Crippen molar-refractivity contribution in [3.05, 3.63) is 24.3 Å². The average Bonchev–Trinajstić information content (AvgIpc) is 2.91. The van der Waals surface area contributed by atoms with Gasteiger partial charge >= 0.3 is 0 Å². The summed E-state index contributed by atoms with van der Waals surface area (Å²) in [5, 5.41) is 2.72. The van der Waals surface area contributed by atoms with E-state index in [1.807, 2.05) is 12.1 Å². The maximum atomic E-state index is 11.4. The largest absolute Gasteiger partial charge is 0.491 e. The van der Waals surface area contributed by atoms with E-state index < -0.39 is 6.04 Å². The number of nitrogens with one attached hydrogen (secondary N) is 1. The number of anilines is 1. The summed E-state index contributed by atoms with van der Waals surface area (Å²) in [5.74, 6) is 0.572. The van der Waals surface area contributed by atoms with Crippen molar-refractivity contribution < 1.29 is 14.3 Å². The number of hydrogen-bond acceptors (Lipinski definition) is 4. The minimum Gasteiger partial charge on any atom is -0.491 e. The number of nitrogens with two attached hydrogens (primary N) is 1. The third-order valence-electron chi connectivity index (χ3n) is 3.00. The molecule has 1 amide bonds. The van der Waals surface area contributed by atoms with Crippen LogP contribution in [0.5, 0.6) is 5.75 Å². The normalized spacial score (nSPS) is 20.0. The Balaban J connectivity index is 1.82. The molecule has 1 aliphatic heterocycles. The van der Waals surface area contributed by atoms with Gasteiger partial charge in [-0.15, -0.1) is 0 Å². The van der Waals surface area contributed by atoms with Gasteiger partial charge in [0, 0.05) is 12.3 Å². The topological polar surface area (TPSA) is 73.6 Å². The summed E-state index contributed by atoms with van der Waals surface area (Å²) >= 11 is 0. The third-order valence-corrected chi connectivity index (χ3v) is 3.00. The lowest BCUT2D eigenvalue weighted by molar-refractivity contribution is -0.117. The minimum atomic E-state index is -0.518. The molecule has 1 heterocycles. The van der Waals surface area contributed by atoms with Gasteiger partial charge in [0.15, 0.2) is 0 Å². The lowest BCUT2D eigenvalue weighted by atomic mass is 10.2. The van der Waals surface area contributed by atoms with Crippen LogP contribution in [0.2, 0.25) is 0 Å². The second kappa shape index (κ2) is 6.54. The van der Waals surface area contributed by atoms with Crippen LogP contribution in [0.3, 0.4) is 0 Å². The quantitative estimate of drug-likeness (QED) is 0.846. The van der Waals surface area contributed by atoms with Crippen molar-refractivity contribution in [3.8, 4) is 5.75 Å². The monoisotopic (exact) mass is 264 g/mol. The lowest BCUT2D eigenvalue weighted by Gasteiger charge is -2.12. The number of benzene rings is 1. The second-order valence-corrected chi connectivity index (χ2v) is 4.75. The Morgan fingerprint density at radius 3 is 2.84 bits per heavy atom. The van der Waals surface area contributed by atoms with E-state index in [1.165, 1.54) is 0 Å². The van der Waals surface area contributed by atoms with Gasteiger partial charge in [0.2, 0.25) is 5.91 Å². The molecule has 0 aromatic heterocycles. The third kappa shape index (κ3) is 4.22. The van der Waals surface area contributed by atoms with Crippen LogP contribution in [-0.2, 0) is 9.53 Å². The van der Waals surface area contributed by atoms with Crippen molar-refractivity contribution in [1.29, 1.82) is 0 Å². The maximum absolute atomic E-state index is 11.4. The highest BCUT2D eigenvalue weighted by atomic mass is 16.5. The molecule has 1 unspecified atom stereocenters. The molecule has 0 bridgehead atoms.